The summed E-state index contributed by atoms with van der Waals surface area (Å²) in [5.41, 5.74) is 5.76. The standard InChI is InChI=1S/C13H17F2NO2/c1-18-9-2-3-11(17)10(8-9)12(16)4-6-13(14,15)7-5-12/h2-3,8,17H,4-7,16H2,1H3. The molecule has 3 nitrogen and oxygen atoms in total. The van der Waals surface area contributed by atoms with Crippen LogP contribution in [-0.4, -0.2) is 18.1 Å². The van der Waals surface area contributed by atoms with E-state index in [4.69, 9.17) is 10.5 Å². The van der Waals surface area contributed by atoms with Crippen LogP contribution in [0.25, 0.3) is 0 Å². The lowest BCUT2D eigenvalue weighted by Crippen LogP contribution is -2.43. The number of nitrogens with two attached hydrogens (primary N) is 1. The van der Waals surface area contributed by atoms with Gasteiger partial charge in [-0.1, -0.05) is 0 Å². The van der Waals surface area contributed by atoms with E-state index >= 15 is 0 Å². The molecule has 0 spiro atoms. The van der Waals surface area contributed by atoms with Crippen molar-refractivity contribution in [1.29, 1.82) is 0 Å². The van der Waals surface area contributed by atoms with Crippen LogP contribution in [0.2, 0.25) is 0 Å². The SMILES string of the molecule is COc1ccc(O)c(C2(N)CCC(F)(F)CC2)c1. The lowest BCUT2D eigenvalue weighted by Gasteiger charge is -2.37. The number of methoxy groups -OCH3 is 1. The van der Waals surface area contributed by atoms with Crippen LogP contribution in [0.3, 0.4) is 0 Å². The number of hydrogen-bond donors (Lipinski definition) is 2. The fourth-order valence-corrected chi connectivity index (χ4v) is 2.37. The van der Waals surface area contributed by atoms with Crippen LogP contribution >= 0.6 is 0 Å². The largest absolute Gasteiger partial charge is 0.508 e. The first kappa shape index (κ1) is 13.1. The maximum atomic E-state index is 13.2. The van der Waals surface area contributed by atoms with Gasteiger partial charge in [0.25, 0.3) is 0 Å². The van der Waals surface area contributed by atoms with Crippen LogP contribution in [0.5, 0.6) is 11.5 Å². The summed E-state index contributed by atoms with van der Waals surface area (Å²) in [6.07, 6.45) is -0.193. The molecule has 1 aromatic rings. The van der Waals surface area contributed by atoms with Gasteiger partial charge >= 0.3 is 0 Å². The topological polar surface area (TPSA) is 55.5 Å². The molecule has 0 radical (unpaired) electrons. The summed E-state index contributed by atoms with van der Waals surface area (Å²) < 4.78 is 31.4. The van der Waals surface area contributed by atoms with Gasteiger partial charge < -0.3 is 15.6 Å². The number of ether oxygens (including phenoxy) is 1. The quantitative estimate of drug-likeness (QED) is 0.856. The number of hydrogen-bond acceptors (Lipinski definition) is 3. The molecule has 5 heteroatoms. The van der Waals surface area contributed by atoms with Gasteiger partial charge in [-0.05, 0) is 31.0 Å². The first-order valence-electron chi connectivity index (χ1n) is 5.90. The average Bonchev–Trinajstić information content (AvgIpc) is 2.34. The molecule has 0 atom stereocenters. The summed E-state index contributed by atoms with van der Waals surface area (Å²) >= 11 is 0. The summed E-state index contributed by atoms with van der Waals surface area (Å²) in [5, 5.41) is 9.85. The minimum atomic E-state index is -2.64. The monoisotopic (exact) mass is 257 g/mol. The summed E-state index contributed by atoms with van der Waals surface area (Å²) in [6.45, 7) is 0. The lowest BCUT2D eigenvalue weighted by atomic mass is 9.75. The van der Waals surface area contributed by atoms with Gasteiger partial charge in [-0.25, -0.2) is 8.78 Å². The molecule has 1 aliphatic carbocycles. The molecule has 1 saturated carbocycles. The molecular weight excluding hydrogens is 240 g/mol. The molecule has 0 amide bonds. The Bertz CT molecular complexity index is 439. The van der Waals surface area contributed by atoms with Gasteiger partial charge in [0.1, 0.15) is 11.5 Å². The predicted octanol–water partition coefficient (Wildman–Crippen LogP) is 2.76. The number of benzene rings is 1. The highest BCUT2D eigenvalue weighted by atomic mass is 19.3. The number of alkyl halides is 2. The Kier molecular flexibility index (Phi) is 3.19. The van der Waals surface area contributed by atoms with Gasteiger partial charge in [-0.3, -0.25) is 0 Å². The lowest BCUT2D eigenvalue weighted by molar-refractivity contribution is -0.0516. The molecule has 2 rings (SSSR count). The maximum absolute atomic E-state index is 13.2. The van der Waals surface area contributed by atoms with Crippen molar-refractivity contribution in [1.82, 2.24) is 0 Å². The Morgan fingerprint density at radius 3 is 2.39 bits per heavy atom. The van der Waals surface area contributed by atoms with Crippen LogP contribution in [0.1, 0.15) is 31.2 Å². The van der Waals surface area contributed by atoms with Crippen molar-refractivity contribution in [3.8, 4) is 11.5 Å². The zero-order valence-corrected chi connectivity index (χ0v) is 10.2. The Labute approximate surface area is 105 Å². The van der Waals surface area contributed by atoms with E-state index in [1.54, 1.807) is 12.1 Å². The highest BCUT2D eigenvalue weighted by molar-refractivity contribution is 5.44. The molecule has 0 heterocycles. The van der Waals surface area contributed by atoms with E-state index < -0.39 is 11.5 Å². The molecule has 3 N–H and O–H groups in total. The van der Waals surface area contributed by atoms with Gasteiger partial charge in [0, 0.05) is 23.9 Å². The van der Waals surface area contributed by atoms with Gasteiger partial charge in [-0.2, -0.15) is 0 Å². The molecule has 1 fully saturated rings. The number of halogens is 2. The third kappa shape index (κ3) is 2.41. The molecule has 18 heavy (non-hydrogen) atoms. The second-order valence-corrected chi connectivity index (χ2v) is 4.90. The molecule has 0 aromatic heterocycles. The molecule has 0 saturated heterocycles. The highest BCUT2D eigenvalue weighted by Crippen LogP contribution is 2.45. The predicted molar refractivity (Wildman–Crippen MR) is 63.9 cm³/mol. The Morgan fingerprint density at radius 2 is 1.83 bits per heavy atom. The number of phenolic OH excluding ortho intramolecular Hbond substituents is 1. The van der Waals surface area contributed by atoms with Crippen LogP contribution in [-0.2, 0) is 5.54 Å². The van der Waals surface area contributed by atoms with Gasteiger partial charge in [-0.15, -0.1) is 0 Å². The van der Waals surface area contributed by atoms with E-state index in [0.29, 0.717) is 11.3 Å². The van der Waals surface area contributed by atoms with Crippen LogP contribution in [0.4, 0.5) is 8.78 Å². The highest BCUT2D eigenvalue weighted by Gasteiger charge is 2.43. The normalized spacial score (nSPS) is 21.6. The van der Waals surface area contributed by atoms with Crippen molar-refractivity contribution in [3.05, 3.63) is 23.8 Å². The van der Waals surface area contributed by atoms with Crippen molar-refractivity contribution in [2.45, 2.75) is 37.1 Å². The second-order valence-electron chi connectivity index (χ2n) is 4.90. The molecule has 100 valence electrons. The molecule has 0 bridgehead atoms. The number of phenols is 1. The molecule has 0 unspecified atom stereocenters. The summed E-state index contributed by atoms with van der Waals surface area (Å²) in [5.74, 6) is -2.05. The Hall–Kier alpha value is -1.36. The van der Waals surface area contributed by atoms with Gasteiger partial charge in [0.2, 0.25) is 5.92 Å². The third-order valence-electron chi connectivity index (χ3n) is 3.61. The van der Waals surface area contributed by atoms with Crippen LogP contribution in [0, 0.1) is 0 Å². The molecule has 1 aliphatic rings. The van der Waals surface area contributed by atoms with Crippen molar-refractivity contribution >= 4 is 0 Å². The van der Waals surface area contributed by atoms with E-state index in [1.165, 1.54) is 13.2 Å². The Balaban J connectivity index is 2.30. The van der Waals surface area contributed by atoms with Crippen LogP contribution < -0.4 is 10.5 Å². The van der Waals surface area contributed by atoms with Crippen molar-refractivity contribution in [2.75, 3.05) is 7.11 Å². The maximum Gasteiger partial charge on any atom is 0.248 e. The first-order valence-corrected chi connectivity index (χ1v) is 5.90. The van der Waals surface area contributed by atoms with E-state index in [9.17, 15) is 13.9 Å². The fraction of sp³-hybridized carbons (Fsp3) is 0.538. The molecule has 0 aliphatic heterocycles. The van der Waals surface area contributed by atoms with Crippen molar-refractivity contribution < 1.29 is 18.6 Å². The van der Waals surface area contributed by atoms with Gasteiger partial charge in [0.05, 0.1) is 7.11 Å². The minimum Gasteiger partial charge on any atom is -0.508 e. The van der Waals surface area contributed by atoms with Crippen molar-refractivity contribution in [2.24, 2.45) is 5.73 Å². The van der Waals surface area contributed by atoms with Crippen LogP contribution in [0.15, 0.2) is 18.2 Å². The number of aromatic hydroxyl groups is 1. The second kappa shape index (κ2) is 4.39. The zero-order chi connectivity index (χ0) is 13.4. The van der Waals surface area contributed by atoms with Crippen molar-refractivity contribution in [3.63, 3.8) is 0 Å². The van der Waals surface area contributed by atoms with E-state index in [1.807, 2.05) is 0 Å². The van der Waals surface area contributed by atoms with E-state index in [-0.39, 0.29) is 31.4 Å². The average molecular weight is 257 g/mol. The van der Waals surface area contributed by atoms with E-state index in [2.05, 4.69) is 0 Å². The van der Waals surface area contributed by atoms with Gasteiger partial charge in [0.15, 0.2) is 0 Å². The Morgan fingerprint density at radius 1 is 1.22 bits per heavy atom. The summed E-state index contributed by atoms with van der Waals surface area (Å²) in [7, 11) is 1.51. The first-order chi connectivity index (χ1) is 8.36. The fourth-order valence-electron chi connectivity index (χ4n) is 2.37. The smallest absolute Gasteiger partial charge is 0.248 e. The molecular formula is C13H17F2NO2. The third-order valence-corrected chi connectivity index (χ3v) is 3.61. The zero-order valence-electron chi connectivity index (χ0n) is 10.2. The minimum absolute atomic E-state index is 0.0310. The summed E-state index contributed by atoms with van der Waals surface area (Å²) in [6, 6.07) is 4.72. The number of rotatable bonds is 2. The van der Waals surface area contributed by atoms with E-state index in [0.717, 1.165) is 0 Å². The molecule has 1 aromatic carbocycles. The summed E-state index contributed by atoms with van der Waals surface area (Å²) in [4.78, 5) is 0.